The van der Waals surface area contributed by atoms with E-state index in [2.05, 4.69) is 4.74 Å². The normalized spacial score (nSPS) is 9.62. The van der Waals surface area contributed by atoms with Crippen molar-refractivity contribution in [3.05, 3.63) is 42.1 Å². The first kappa shape index (κ1) is 19.2. The molecule has 0 heterocycles. The second kappa shape index (κ2) is 10.0. The van der Waals surface area contributed by atoms with Crippen molar-refractivity contribution in [1.82, 2.24) is 0 Å². The second-order valence-electron chi connectivity index (χ2n) is 4.52. The van der Waals surface area contributed by atoms with Crippen LogP contribution in [-0.2, 0) is 28.6 Å². The van der Waals surface area contributed by atoms with Crippen molar-refractivity contribution in [2.75, 3.05) is 31.8 Å². The van der Waals surface area contributed by atoms with E-state index in [-0.39, 0.29) is 25.3 Å². The summed E-state index contributed by atoms with van der Waals surface area (Å²) in [4.78, 5) is 37.2. The highest BCUT2D eigenvalue weighted by Crippen LogP contribution is 2.16. The molecule has 0 aliphatic rings. The number of carbonyl (C=O) groups excluding carboxylic acids is 3. The molecule has 0 radical (unpaired) electrons. The lowest BCUT2D eigenvalue weighted by atomic mass is 10.2. The van der Waals surface area contributed by atoms with Gasteiger partial charge in [-0.25, -0.2) is 9.59 Å². The molecule has 1 aromatic rings. The molecule has 0 N–H and O–H groups in total. The molecule has 0 aromatic heterocycles. The maximum absolute atomic E-state index is 12.0. The van der Waals surface area contributed by atoms with E-state index >= 15 is 0 Å². The number of hydrogen-bond acceptors (Lipinski definition) is 7. The maximum Gasteiger partial charge on any atom is 0.347 e. The summed E-state index contributed by atoms with van der Waals surface area (Å²) in [7, 11) is 1.26. The van der Waals surface area contributed by atoms with Crippen LogP contribution in [0.1, 0.15) is 13.8 Å². The van der Waals surface area contributed by atoms with Gasteiger partial charge in [0, 0.05) is 11.9 Å². The van der Waals surface area contributed by atoms with Gasteiger partial charge in [0.15, 0.2) is 5.57 Å². The van der Waals surface area contributed by atoms with Crippen LogP contribution in [-0.4, -0.2) is 44.8 Å². The van der Waals surface area contributed by atoms with Crippen LogP contribution in [0.25, 0.3) is 0 Å². The van der Waals surface area contributed by atoms with Gasteiger partial charge in [-0.3, -0.25) is 4.79 Å². The zero-order valence-electron chi connectivity index (χ0n) is 14.0. The van der Waals surface area contributed by atoms with Gasteiger partial charge < -0.3 is 19.1 Å². The summed E-state index contributed by atoms with van der Waals surface area (Å²) in [5, 5.41) is 0. The fourth-order valence-corrected chi connectivity index (χ4v) is 1.80. The Balaban J connectivity index is 3.23. The molecule has 130 valence electrons. The molecule has 0 bridgehead atoms. The molecule has 0 spiro atoms. The molecule has 0 aliphatic carbocycles. The van der Waals surface area contributed by atoms with E-state index < -0.39 is 17.9 Å². The molecular formula is C17H21NO6. The van der Waals surface area contributed by atoms with Crippen molar-refractivity contribution in [3.8, 4) is 0 Å². The van der Waals surface area contributed by atoms with Crippen LogP contribution in [0, 0.1) is 0 Å². The number of methoxy groups -OCH3 is 1. The molecule has 1 aromatic carbocycles. The van der Waals surface area contributed by atoms with Crippen molar-refractivity contribution >= 4 is 23.6 Å². The maximum atomic E-state index is 12.0. The van der Waals surface area contributed by atoms with Gasteiger partial charge in [0.2, 0.25) is 0 Å². The second-order valence-corrected chi connectivity index (χ2v) is 4.52. The molecule has 0 saturated heterocycles. The van der Waals surface area contributed by atoms with Crippen LogP contribution < -0.4 is 4.90 Å². The van der Waals surface area contributed by atoms with Gasteiger partial charge in [0.1, 0.15) is 6.54 Å². The van der Waals surface area contributed by atoms with Gasteiger partial charge in [0.05, 0.1) is 20.3 Å². The van der Waals surface area contributed by atoms with E-state index in [9.17, 15) is 14.4 Å². The summed E-state index contributed by atoms with van der Waals surface area (Å²) in [5.74, 6) is -2.16. The number of carbonyl (C=O) groups is 3. The van der Waals surface area contributed by atoms with Crippen LogP contribution in [0.15, 0.2) is 42.1 Å². The molecule has 0 saturated carbocycles. The average molecular weight is 335 g/mol. The highest BCUT2D eigenvalue weighted by molar-refractivity contribution is 6.14. The number of anilines is 1. The van der Waals surface area contributed by atoms with Gasteiger partial charge in [-0.2, -0.15) is 0 Å². The van der Waals surface area contributed by atoms with E-state index in [0.717, 1.165) is 0 Å². The highest BCUT2D eigenvalue weighted by Gasteiger charge is 2.23. The summed E-state index contributed by atoms with van der Waals surface area (Å²) in [6.45, 7) is 3.30. The third-order valence-corrected chi connectivity index (χ3v) is 2.89. The van der Waals surface area contributed by atoms with E-state index in [1.807, 2.05) is 0 Å². The zero-order valence-corrected chi connectivity index (χ0v) is 14.0. The molecule has 0 amide bonds. The van der Waals surface area contributed by atoms with Crippen LogP contribution >= 0.6 is 0 Å². The molecule has 0 fully saturated rings. The summed E-state index contributed by atoms with van der Waals surface area (Å²) in [6.07, 6.45) is 1.24. The molecule has 7 nitrogen and oxygen atoms in total. The molecule has 0 atom stereocenters. The van der Waals surface area contributed by atoms with Crippen LogP contribution in [0.3, 0.4) is 0 Å². The Kier molecular flexibility index (Phi) is 8.04. The largest absolute Gasteiger partial charge is 0.468 e. The van der Waals surface area contributed by atoms with Gasteiger partial charge in [-0.15, -0.1) is 0 Å². The quantitative estimate of drug-likeness (QED) is 0.235. The Morgan fingerprint density at radius 3 is 2.00 bits per heavy atom. The Labute approximate surface area is 140 Å². The van der Waals surface area contributed by atoms with E-state index in [1.54, 1.807) is 44.2 Å². The predicted molar refractivity (Wildman–Crippen MR) is 87.2 cm³/mol. The summed E-state index contributed by atoms with van der Waals surface area (Å²) in [5.41, 5.74) is 0.306. The van der Waals surface area contributed by atoms with E-state index in [4.69, 9.17) is 9.47 Å². The monoisotopic (exact) mass is 335 g/mol. The topological polar surface area (TPSA) is 82.1 Å². The van der Waals surface area contributed by atoms with Gasteiger partial charge in [-0.1, -0.05) is 18.2 Å². The fraction of sp³-hybridized carbons (Fsp3) is 0.353. The van der Waals surface area contributed by atoms with Crippen LogP contribution in [0.5, 0.6) is 0 Å². The lowest BCUT2D eigenvalue weighted by molar-refractivity contribution is -0.147. The van der Waals surface area contributed by atoms with Crippen molar-refractivity contribution < 1.29 is 28.6 Å². The van der Waals surface area contributed by atoms with Gasteiger partial charge in [0.25, 0.3) is 0 Å². The van der Waals surface area contributed by atoms with Gasteiger partial charge in [-0.05, 0) is 26.0 Å². The van der Waals surface area contributed by atoms with E-state index in [0.29, 0.717) is 5.69 Å². The van der Waals surface area contributed by atoms with E-state index in [1.165, 1.54) is 18.2 Å². The predicted octanol–water partition coefficient (Wildman–Crippen LogP) is 1.68. The molecular weight excluding hydrogens is 314 g/mol. The Morgan fingerprint density at radius 2 is 1.54 bits per heavy atom. The number of nitrogens with zero attached hydrogens (tertiary/aromatic N) is 1. The van der Waals surface area contributed by atoms with Crippen molar-refractivity contribution in [2.45, 2.75) is 13.8 Å². The number of ether oxygens (including phenoxy) is 3. The summed E-state index contributed by atoms with van der Waals surface area (Å²) >= 11 is 0. The first-order valence-electron chi connectivity index (χ1n) is 7.48. The molecule has 7 heteroatoms. The summed E-state index contributed by atoms with van der Waals surface area (Å²) < 4.78 is 14.4. The zero-order chi connectivity index (χ0) is 17.9. The smallest absolute Gasteiger partial charge is 0.347 e. The molecule has 0 aliphatic heterocycles. The summed E-state index contributed by atoms with van der Waals surface area (Å²) in [6, 6.07) is 8.80. The first-order valence-corrected chi connectivity index (χ1v) is 7.48. The minimum atomic E-state index is -0.818. The number of benzene rings is 1. The standard InChI is InChI=1S/C17H21NO6/c1-4-23-16(20)14(17(21)24-5-2)11-18(12-15(19)22-3)13-9-7-6-8-10-13/h6-11H,4-5,12H2,1-3H3. The number of para-hydroxylation sites is 1. The Morgan fingerprint density at radius 1 is 1.00 bits per heavy atom. The van der Waals surface area contributed by atoms with Crippen molar-refractivity contribution in [1.29, 1.82) is 0 Å². The van der Waals surface area contributed by atoms with Crippen LogP contribution in [0.4, 0.5) is 5.69 Å². The molecule has 0 unspecified atom stereocenters. The fourth-order valence-electron chi connectivity index (χ4n) is 1.80. The Bertz CT molecular complexity index is 576. The third-order valence-electron chi connectivity index (χ3n) is 2.89. The lowest BCUT2D eigenvalue weighted by Gasteiger charge is -2.20. The molecule has 24 heavy (non-hydrogen) atoms. The first-order chi connectivity index (χ1) is 11.5. The number of rotatable bonds is 8. The van der Waals surface area contributed by atoms with Crippen molar-refractivity contribution in [3.63, 3.8) is 0 Å². The number of esters is 3. The number of hydrogen-bond donors (Lipinski definition) is 0. The lowest BCUT2D eigenvalue weighted by Crippen LogP contribution is -2.29. The van der Waals surface area contributed by atoms with Crippen molar-refractivity contribution in [2.24, 2.45) is 0 Å². The minimum Gasteiger partial charge on any atom is -0.468 e. The average Bonchev–Trinajstić information content (AvgIpc) is 2.59. The molecule has 1 rings (SSSR count). The van der Waals surface area contributed by atoms with Crippen LogP contribution in [0.2, 0.25) is 0 Å². The SMILES string of the molecule is CCOC(=O)C(=CN(CC(=O)OC)c1ccccc1)C(=O)OCC. The highest BCUT2D eigenvalue weighted by atomic mass is 16.6. The van der Waals surface area contributed by atoms with Gasteiger partial charge >= 0.3 is 17.9 Å². The Hall–Kier alpha value is -2.83. The third kappa shape index (κ3) is 5.75. The minimum absolute atomic E-state index is 0.109.